The second kappa shape index (κ2) is 6.40. The largest absolute Gasteiger partial charge is 0.328 e. The molecule has 0 amide bonds. The molecule has 0 spiro atoms. The average Bonchev–Trinajstić information content (AvgIpc) is 2.10. The predicted molar refractivity (Wildman–Crippen MR) is 61.0 cm³/mol. The molecule has 86 valence electrons. The van der Waals surface area contributed by atoms with Crippen LogP contribution in [-0.2, 0) is 9.84 Å². The van der Waals surface area contributed by atoms with Crippen molar-refractivity contribution in [3.05, 3.63) is 0 Å². The highest BCUT2D eigenvalue weighted by molar-refractivity contribution is 7.91. The standard InChI is InChI=1S/C10H23NO2S/c1-4-10(3)14(12,13)8-6-5-7-9(2)11/h9-10H,4-8,11H2,1-3H3. The quantitative estimate of drug-likeness (QED) is 0.666. The zero-order valence-corrected chi connectivity index (χ0v) is 10.3. The van der Waals surface area contributed by atoms with Crippen molar-refractivity contribution in [1.29, 1.82) is 0 Å². The minimum Gasteiger partial charge on any atom is -0.328 e. The monoisotopic (exact) mass is 221 g/mol. The second-order valence-electron chi connectivity index (χ2n) is 4.06. The fraction of sp³-hybridized carbons (Fsp3) is 1.00. The van der Waals surface area contributed by atoms with E-state index in [9.17, 15) is 8.42 Å². The van der Waals surface area contributed by atoms with Crippen molar-refractivity contribution < 1.29 is 8.42 Å². The molecular weight excluding hydrogens is 198 g/mol. The number of unbranched alkanes of at least 4 members (excludes halogenated alkanes) is 1. The highest BCUT2D eigenvalue weighted by atomic mass is 32.2. The molecule has 0 saturated carbocycles. The van der Waals surface area contributed by atoms with Crippen molar-refractivity contribution in [3.63, 3.8) is 0 Å². The fourth-order valence-corrected chi connectivity index (χ4v) is 2.74. The smallest absolute Gasteiger partial charge is 0.152 e. The van der Waals surface area contributed by atoms with Crippen LogP contribution < -0.4 is 5.73 Å². The van der Waals surface area contributed by atoms with E-state index in [2.05, 4.69) is 0 Å². The van der Waals surface area contributed by atoms with Gasteiger partial charge in [-0.15, -0.1) is 0 Å². The third-order valence-electron chi connectivity index (χ3n) is 2.53. The first-order valence-electron chi connectivity index (χ1n) is 5.37. The summed E-state index contributed by atoms with van der Waals surface area (Å²) in [4.78, 5) is 0. The van der Waals surface area contributed by atoms with Gasteiger partial charge in [0.05, 0.1) is 11.0 Å². The third kappa shape index (κ3) is 5.60. The Hall–Kier alpha value is -0.0900. The number of rotatable bonds is 7. The van der Waals surface area contributed by atoms with Gasteiger partial charge in [-0.25, -0.2) is 8.42 Å². The van der Waals surface area contributed by atoms with E-state index in [4.69, 9.17) is 5.73 Å². The summed E-state index contributed by atoms with van der Waals surface area (Å²) in [5.41, 5.74) is 5.58. The first kappa shape index (κ1) is 13.9. The summed E-state index contributed by atoms with van der Waals surface area (Å²) in [5, 5.41) is -0.196. The highest BCUT2D eigenvalue weighted by Crippen LogP contribution is 2.09. The van der Waals surface area contributed by atoms with E-state index in [1.165, 1.54) is 0 Å². The Labute approximate surface area is 88.0 Å². The van der Waals surface area contributed by atoms with Crippen LogP contribution in [0.3, 0.4) is 0 Å². The van der Waals surface area contributed by atoms with Crippen molar-refractivity contribution in [1.82, 2.24) is 0 Å². The van der Waals surface area contributed by atoms with Crippen LogP contribution in [0.25, 0.3) is 0 Å². The predicted octanol–water partition coefficient (Wildman–Crippen LogP) is 1.72. The van der Waals surface area contributed by atoms with Crippen LogP contribution in [0.4, 0.5) is 0 Å². The Morgan fingerprint density at radius 1 is 1.21 bits per heavy atom. The molecule has 0 rings (SSSR count). The zero-order valence-electron chi connectivity index (χ0n) is 9.49. The van der Waals surface area contributed by atoms with Gasteiger partial charge in [0.2, 0.25) is 0 Å². The molecule has 0 aromatic carbocycles. The summed E-state index contributed by atoms with van der Waals surface area (Å²) in [6, 6.07) is 0.182. The minimum atomic E-state index is -2.85. The maximum absolute atomic E-state index is 11.6. The minimum absolute atomic E-state index is 0.182. The van der Waals surface area contributed by atoms with Crippen LogP contribution in [-0.4, -0.2) is 25.5 Å². The summed E-state index contributed by atoms with van der Waals surface area (Å²) >= 11 is 0. The van der Waals surface area contributed by atoms with Gasteiger partial charge in [0.1, 0.15) is 0 Å². The first-order valence-corrected chi connectivity index (χ1v) is 7.08. The van der Waals surface area contributed by atoms with Gasteiger partial charge >= 0.3 is 0 Å². The lowest BCUT2D eigenvalue weighted by atomic mass is 10.2. The van der Waals surface area contributed by atoms with E-state index >= 15 is 0 Å². The topological polar surface area (TPSA) is 60.2 Å². The molecule has 3 nitrogen and oxygen atoms in total. The van der Waals surface area contributed by atoms with Crippen molar-refractivity contribution in [3.8, 4) is 0 Å². The lowest BCUT2D eigenvalue weighted by Gasteiger charge is -2.10. The summed E-state index contributed by atoms with van der Waals surface area (Å²) in [7, 11) is -2.85. The van der Waals surface area contributed by atoms with Gasteiger partial charge in [0.25, 0.3) is 0 Å². The summed E-state index contributed by atoms with van der Waals surface area (Å²) in [6.07, 6.45) is 3.27. The van der Waals surface area contributed by atoms with Gasteiger partial charge in [-0.1, -0.05) is 13.3 Å². The molecule has 0 heterocycles. The van der Waals surface area contributed by atoms with Crippen LogP contribution in [0, 0.1) is 0 Å². The highest BCUT2D eigenvalue weighted by Gasteiger charge is 2.17. The molecule has 4 heteroatoms. The van der Waals surface area contributed by atoms with Crippen molar-refractivity contribution in [2.45, 2.75) is 57.7 Å². The molecule has 0 aliphatic rings. The van der Waals surface area contributed by atoms with Gasteiger partial charge in [-0.3, -0.25) is 0 Å². The van der Waals surface area contributed by atoms with Gasteiger partial charge in [-0.05, 0) is 33.1 Å². The third-order valence-corrected chi connectivity index (χ3v) is 4.94. The SMILES string of the molecule is CCC(C)S(=O)(=O)CCCCC(C)N. The molecule has 0 aliphatic carbocycles. The normalized spacial score (nSPS) is 16.6. The van der Waals surface area contributed by atoms with Crippen LogP contribution in [0.1, 0.15) is 46.5 Å². The molecule has 0 radical (unpaired) electrons. The lowest BCUT2D eigenvalue weighted by molar-refractivity contribution is 0.568. The molecule has 0 aliphatic heterocycles. The first-order chi connectivity index (χ1) is 6.40. The Morgan fingerprint density at radius 3 is 2.21 bits per heavy atom. The van der Waals surface area contributed by atoms with Gasteiger partial charge < -0.3 is 5.73 Å². The zero-order chi connectivity index (χ0) is 11.2. The molecule has 0 fully saturated rings. The molecule has 0 aromatic heterocycles. The Kier molecular flexibility index (Phi) is 6.36. The van der Waals surface area contributed by atoms with E-state index in [1.54, 1.807) is 6.92 Å². The van der Waals surface area contributed by atoms with Crippen molar-refractivity contribution in [2.75, 3.05) is 5.75 Å². The lowest BCUT2D eigenvalue weighted by Crippen LogP contribution is -2.21. The van der Waals surface area contributed by atoms with Crippen LogP contribution >= 0.6 is 0 Å². The summed E-state index contributed by atoms with van der Waals surface area (Å²) in [6.45, 7) is 5.63. The van der Waals surface area contributed by atoms with E-state index < -0.39 is 9.84 Å². The van der Waals surface area contributed by atoms with Crippen molar-refractivity contribution in [2.24, 2.45) is 5.73 Å². The summed E-state index contributed by atoms with van der Waals surface area (Å²) < 4.78 is 23.1. The molecular formula is C10H23NO2S. The molecule has 2 atom stereocenters. The van der Waals surface area contributed by atoms with Gasteiger partial charge in [0, 0.05) is 6.04 Å². The molecule has 2 unspecified atom stereocenters. The maximum Gasteiger partial charge on any atom is 0.152 e. The fourth-order valence-electron chi connectivity index (χ4n) is 1.22. The molecule has 2 N–H and O–H groups in total. The van der Waals surface area contributed by atoms with E-state index in [-0.39, 0.29) is 11.3 Å². The summed E-state index contributed by atoms with van der Waals surface area (Å²) in [5.74, 6) is 0.314. The molecule has 14 heavy (non-hydrogen) atoms. The van der Waals surface area contributed by atoms with E-state index in [1.807, 2.05) is 13.8 Å². The Bertz CT molecular complexity index is 235. The second-order valence-corrected chi connectivity index (χ2v) is 6.60. The van der Waals surface area contributed by atoms with Crippen LogP contribution in [0.2, 0.25) is 0 Å². The van der Waals surface area contributed by atoms with Crippen LogP contribution in [0.5, 0.6) is 0 Å². The molecule has 0 aromatic rings. The maximum atomic E-state index is 11.6. The Morgan fingerprint density at radius 2 is 1.79 bits per heavy atom. The molecule has 0 bridgehead atoms. The van der Waals surface area contributed by atoms with E-state index in [0.29, 0.717) is 12.2 Å². The average molecular weight is 221 g/mol. The van der Waals surface area contributed by atoms with Crippen LogP contribution in [0.15, 0.2) is 0 Å². The molecule has 0 saturated heterocycles. The van der Waals surface area contributed by atoms with Gasteiger partial charge in [-0.2, -0.15) is 0 Å². The van der Waals surface area contributed by atoms with Gasteiger partial charge in [0.15, 0.2) is 9.84 Å². The number of hydrogen-bond acceptors (Lipinski definition) is 3. The number of sulfone groups is 1. The number of nitrogens with two attached hydrogens (primary N) is 1. The van der Waals surface area contributed by atoms with E-state index in [0.717, 1.165) is 19.3 Å². The van der Waals surface area contributed by atoms with Crippen molar-refractivity contribution >= 4 is 9.84 Å². The number of hydrogen-bond donors (Lipinski definition) is 1. The Balaban J connectivity index is 3.78.